The van der Waals surface area contributed by atoms with Crippen LogP contribution in [0.4, 0.5) is 0 Å². The lowest BCUT2D eigenvalue weighted by Crippen LogP contribution is -2.25. The van der Waals surface area contributed by atoms with E-state index in [0.717, 1.165) is 25.7 Å². The summed E-state index contributed by atoms with van der Waals surface area (Å²) in [6.45, 7) is 7.97. The molecule has 0 fully saturated rings. The molecule has 0 rings (SSSR count). The quantitative estimate of drug-likeness (QED) is 0.553. The van der Waals surface area contributed by atoms with E-state index in [0.29, 0.717) is 12.0 Å². The van der Waals surface area contributed by atoms with Crippen molar-refractivity contribution in [1.82, 2.24) is 0 Å². The molecule has 3 N–H and O–H groups in total. The molecule has 0 heterocycles. The van der Waals surface area contributed by atoms with Crippen molar-refractivity contribution in [2.45, 2.75) is 85.1 Å². The van der Waals surface area contributed by atoms with Crippen LogP contribution < -0.4 is 5.73 Å². The molecule has 0 radical (unpaired) electrons. The van der Waals surface area contributed by atoms with E-state index in [1.54, 1.807) is 0 Å². The van der Waals surface area contributed by atoms with Gasteiger partial charge in [0.2, 0.25) is 0 Å². The number of carboxylic acid groups (broad SMARTS) is 1. The number of aliphatic carboxylic acids is 1. The first-order chi connectivity index (χ1) is 8.77. The van der Waals surface area contributed by atoms with Gasteiger partial charge in [-0.15, -0.1) is 0 Å². The molecule has 0 aromatic carbocycles. The van der Waals surface area contributed by atoms with E-state index in [4.69, 9.17) is 10.8 Å². The fraction of sp³-hybridized carbons (Fsp3) is 0.938. The Kier molecular flexibility index (Phi) is 9.07. The second-order valence-electron chi connectivity index (χ2n) is 6.76. The van der Waals surface area contributed by atoms with Gasteiger partial charge in [0.1, 0.15) is 0 Å². The smallest absolute Gasteiger partial charge is 0.309 e. The second kappa shape index (κ2) is 9.35. The maximum absolute atomic E-state index is 10.9. The molecule has 0 aromatic rings. The van der Waals surface area contributed by atoms with Crippen LogP contribution in [0, 0.1) is 11.3 Å². The molecule has 1 atom stereocenters. The number of hydrogen-bond acceptors (Lipinski definition) is 2. The summed E-state index contributed by atoms with van der Waals surface area (Å²) in [6, 6.07) is 0.344. The molecule has 3 nitrogen and oxygen atoms in total. The molecule has 0 aliphatic rings. The first kappa shape index (κ1) is 18.4. The normalized spacial score (nSPS) is 13.8. The fourth-order valence-corrected chi connectivity index (χ4v) is 2.09. The third kappa shape index (κ3) is 9.04. The van der Waals surface area contributed by atoms with Gasteiger partial charge in [0, 0.05) is 6.04 Å². The summed E-state index contributed by atoms with van der Waals surface area (Å²) < 4.78 is 0. The maximum atomic E-state index is 10.9. The van der Waals surface area contributed by atoms with Gasteiger partial charge in [0.15, 0.2) is 0 Å². The van der Waals surface area contributed by atoms with E-state index >= 15 is 0 Å². The first-order valence-electron chi connectivity index (χ1n) is 7.76. The minimum Gasteiger partial charge on any atom is -0.481 e. The van der Waals surface area contributed by atoms with E-state index in [1.807, 2.05) is 13.8 Å². The Hall–Kier alpha value is -0.570. The highest BCUT2D eigenvalue weighted by atomic mass is 16.4. The zero-order valence-corrected chi connectivity index (χ0v) is 13.2. The number of nitrogens with two attached hydrogens (primary N) is 1. The minimum atomic E-state index is -0.685. The number of carboxylic acids is 1. The van der Waals surface area contributed by atoms with Crippen molar-refractivity contribution in [2.75, 3.05) is 0 Å². The summed E-state index contributed by atoms with van der Waals surface area (Å²) >= 11 is 0. The Morgan fingerprint density at radius 2 is 1.53 bits per heavy atom. The third-order valence-electron chi connectivity index (χ3n) is 4.02. The largest absolute Gasteiger partial charge is 0.481 e. The third-order valence-corrected chi connectivity index (χ3v) is 4.02. The Morgan fingerprint density at radius 3 is 2.00 bits per heavy atom. The summed E-state index contributed by atoms with van der Waals surface area (Å²) in [5.41, 5.74) is 5.43. The van der Waals surface area contributed by atoms with Crippen molar-refractivity contribution < 1.29 is 9.90 Å². The van der Waals surface area contributed by atoms with Crippen LogP contribution in [-0.4, -0.2) is 17.1 Å². The molecule has 0 aliphatic carbocycles. The van der Waals surface area contributed by atoms with Crippen LogP contribution in [0.1, 0.15) is 79.1 Å². The zero-order valence-electron chi connectivity index (χ0n) is 13.2. The van der Waals surface area contributed by atoms with Crippen molar-refractivity contribution in [3.63, 3.8) is 0 Å². The van der Waals surface area contributed by atoms with Gasteiger partial charge in [-0.05, 0) is 32.6 Å². The maximum Gasteiger partial charge on any atom is 0.309 e. The summed E-state index contributed by atoms with van der Waals surface area (Å²) in [6.07, 6.45) is 9.01. The highest BCUT2D eigenvalue weighted by molar-refractivity contribution is 5.73. The summed E-state index contributed by atoms with van der Waals surface area (Å²) in [4.78, 5) is 10.9. The van der Waals surface area contributed by atoms with Gasteiger partial charge in [0.05, 0.1) is 5.41 Å². The highest BCUT2D eigenvalue weighted by Crippen LogP contribution is 2.24. The van der Waals surface area contributed by atoms with E-state index < -0.39 is 11.4 Å². The van der Waals surface area contributed by atoms with Crippen molar-refractivity contribution in [1.29, 1.82) is 0 Å². The fourth-order valence-electron chi connectivity index (χ4n) is 2.09. The number of unbranched alkanes of at least 4 members (excludes halogenated alkanes) is 5. The molecule has 0 saturated heterocycles. The highest BCUT2D eigenvalue weighted by Gasteiger charge is 2.25. The Bertz CT molecular complexity index is 249. The summed E-state index contributed by atoms with van der Waals surface area (Å²) in [5.74, 6) is -0.103. The zero-order chi connectivity index (χ0) is 14.9. The van der Waals surface area contributed by atoms with Gasteiger partial charge in [0.25, 0.3) is 0 Å². The molecule has 1 unspecified atom stereocenters. The molecule has 0 aromatic heterocycles. The topological polar surface area (TPSA) is 63.3 Å². The van der Waals surface area contributed by atoms with Crippen LogP contribution in [0.15, 0.2) is 0 Å². The van der Waals surface area contributed by atoms with Crippen LogP contribution >= 0.6 is 0 Å². The Morgan fingerprint density at radius 1 is 1.05 bits per heavy atom. The van der Waals surface area contributed by atoms with Crippen molar-refractivity contribution >= 4 is 5.97 Å². The molecule has 0 bridgehead atoms. The molecule has 3 heteroatoms. The van der Waals surface area contributed by atoms with Crippen molar-refractivity contribution in [3.05, 3.63) is 0 Å². The van der Waals surface area contributed by atoms with Gasteiger partial charge < -0.3 is 10.8 Å². The van der Waals surface area contributed by atoms with E-state index in [1.165, 1.54) is 25.7 Å². The molecular weight excluding hydrogens is 238 g/mol. The van der Waals surface area contributed by atoms with Crippen LogP contribution in [-0.2, 0) is 4.79 Å². The van der Waals surface area contributed by atoms with Crippen LogP contribution in [0.5, 0.6) is 0 Å². The summed E-state index contributed by atoms with van der Waals surface area (Å²) in [5, 5.41) is 9.00. The standard InChI is InChI=1S/C16H33NO2/c1-13(2)14(17)11-9-7-5-6-8-10-12-16(3,4)15(18)19/h13-14H,5-12,17H2,1-4H3,(H,18,19). The van der Waals surface area contributed by atoms with Gasteiger partial charge in [-0.25, -0.2) is 0 Å². The lowest BCUT2D eigenvalue weighted by atomic mass is 9.87. The predicted octanol–water partition coefficient (Wildman–Crippen LogP) is 4.20. The lowest BCUT2D eigenvalue weighted by Gasteiger charge is -2.18. The molecule has 0 spiro atoms. The molecule has 0 amide bonds. The average Bonchev–Trinajstić information content (AvgIpc) is 2.31. The molecule has 19 heavy (non-hydrogen) atoms. The van der Waals surface area contributed by atoms with E-state index in [-0.39, 0.29) is 0 Å². The lowest BCUT2D eigenvalue weighted by molar-refractivity contribution is -0.147. The number of carbonyl (C=O) groups is 1. The van der Waals surface area contributed by atoms with E-state index in [2.05, 4.69) is 13.8 Å². The van der Waals surface area contributed by atoms with Crippen molar-refractivity contribution in [2.24, 2.45) is 17.1 Å². The summed E-state index contributed by atoms with van der Waals surface area (Å²) in [7, 11) is 0. The van der Waals surface area contributed by atoms with Crippen LogP contribution in [0.25, 0.3) is 0 Å². The average molecular weight is 271 g/mol. The first-order valence-corrected chi connectivity index (χ1v) is 7.76. The monoisotopic (exact) mass is 271 g/mol. The van der Waals surface area contributed by atoms with Crippen molar-refractivity contribution in [3.8, 4) is 0 Å². The molecule has 114 valence electrons. The minimum absolute atomic E-state index is 0.344. The predicted molar refractivity (Wildman–Crippen MR) is 81.2 cm³/mol. The van der Waals surface area contributed by atoms with Crippen LogP contribution in [0.3, 0.4) is 0 Å². The number of rotatable bonds is 11. The van der Waals surface area contributed by atoms with Gasteiger partial charge in [-0.2, -0.15) is 0 Å². The van der Waals surface area contributed by atoms with Gasteiger partial charge in [-0.1, -0.05) is 52.4 Å². The van der Waals surface area contributed by atoms with Gasteiger partial charge >= 0.3 is 5.97 Å². The Balaban J connectivity index is 3.40. The molecule has 0 aliphatic heterocycles. The van der Waals surface area contributed by atoms with Crippen LogP contribution in [0.2, 0.25) is 0 Å². The second-order valence-corrected chi connectivity index (χ2v) is 6.76. The Labute approximate surface area is 119 Å². The molecular formula is C16H33NO2. The number of hydrogen-bond donors (Lipinski definition) is 2. The van der Waals surface area contributed by atoms with E-state index in [9.17, 15) is 4.79 Å². The SMILES string of the molecule is CC(C)C(N)CCCCCCCCC(C)(C)C(=O)O. The van der Waals surface area contributed by atoms with Gasteiger partial charge in [-0.3, -0.25) is 4.79 Å². The molecule has 0 saturated carbocycles.